The third-order valence-corrected chi connectivity index (χ3v) is 6.75. The zero-order valence-electron chi connectivity index (χ0n) is 19.6. The highest BCUT2D eigenvalue weighted by Crippen LogP contribution is 2.52. The number of fused-ring (bicyclic) bond motifs is 1. The maximum Gasteiger partial charge on any atom is 0.323 e. The van der Waals surface area contributed by atoms with Gasteiger partial charge in [-0.25, -0.2) is 4.79 Å². The van der Waals surface area contributed by atoms with Crippen molar-refractivity contribution in [2.45, 2.75) is 31.1 Å². The molecule has 35 heavy (non-hydrogen) atoms. The number of hydrogen-bond donors (Lipinski definition) is 4. The van der Waals surface area contributed by atoms with Crippen LogP contribution in [0.25, 0.3) is 0 Å². The summed E-state index contributed by atoms with van der Waals surface area (Å²) in [5, 5.41) is 9.73. The molecule has 1 aliphatic carbocycles. The summed E-state index contributed by atoms with van der Waals surface area (Å²) in [5.41, 5.74) is 11.3. The van der Waals surface area contributed by atoms with E-state index in [-0.39, 0.29) is 11.9 Å². The van der Waals surface area contributed by atoms with Crippen LogP contribution in [0.2, 0.25) is 0 Å². The van der Waals surface area contributed by atoms with Gasteiger partial charge < -0.3 is 26.9 Å². The molecular formula is C28H29N5O2. The average Bonchev–Trinajstić information content (AvgIpc) is 3.70. The maximum absolute atomic E-state index is 13.0. The lowest BCUT2D eigenvalue weighted by atomic mass is 9.85. The number of hydrazone groups is 1. The largest absolute Gasteiger partial charge is 0.487 e. The lowest BCUT2D eigenvalue weighted by molar-refractivity contribution is 0.262. The predicted molar refractivity (Wildman–Crippen MR) is 140 cm³/mol. The molecule has 2 aliphatic rings. The molecule has 6 N–H and O–H groups in total. The first-order valence-corrected chi connectivity index (χ1v) is 11.7. The van der Waals surface area contributed by atoms with Crippen molar-refractivity contribution in [3.05, 3.63) is 101 Å². The molecule has 2 amide bonds. The van der Waals surface area contributed by atoms with Crippen molar-refractivity contribution in [3.63, 3.8) is 0 Å². The number of hydrogen-bond acceptors (Lipinski definition) is 4. The number of rotatable bonds is 5. The van der Waals surface area contributed by atoms with Gasteiger partial charge in [-0.15, -0.1) is 0 Å². The van der Waals surface area contributed by atoms with Gasteiger partial charge in [0.1, 0.15) is 18.2 Å². The van der Waals surface area contributed by atoms with Crippen LogP contribution < -0.4 is 26.9 Å². The molecule has 1 fully saturated rings. The van der Waals surface area contributed by atoms with Crippen LogP contribution >= 0.6 is 0 Å². The van der Waals surface area contributed by atoms with E-state index in [2.05, 4.69) is 40.0 Å². The Morgan fingerprint density at radius 2 is 1.80 bits per heavy atom. The summed E-state index contributed by atoms with van der Waals surface area (Å²) in [6, 6.07) is 21.6. The Morgan fingerprint density at radius 3 is 2.49 bits per heavy atom. The van der Waals surface area contributed by atoms with E-state index < -0.39 is 5.41 Å². The molecule has 1 aliphatic heterocycles. The minimum Gasteiger partial charge on any atom is -0.487 e. The Bertz CT molecular complexity index is 1290. The molecule has 3 aromatic carbocycles. The zero-order valence-corrected chi connectivity index (χ0v) is 19.6. The number of carbonyl (C=O) groups is 1. The highest BCUT2D eigenvalue weighted by atomic mass is 16.5. The number of aryl methyl sites for hydroxylation is 1. The number of nitrogens with zero attached hydrogens (tertiary/aromatic N) is 1. The minimum atomic E-state index is -0.426. The third kappa shape index (κ3) is 4.45. The molecule has 7 nitrogen and oxygen atoms in total. The standard InChI is InChI=1S/C28H29N5O2/c1-18-9-11-21(12-10-18)31-27(34)32-24-17-20(28(13-14-28)26(29)33-30)16-23-22(8-5-15-35-25(23)24)19-6-3-2-4-7-19/h2-12,16-17,22H,13-15,30H2,1H3,(H2,29,33)(H2,31,32,34). The number of urea groups is 1. The van der Waals surface area contributed by atoms with Crippen molar-refractivity contribution in [3.8, 4) is 5.75 Å². The number of nitrogens with one attached hydrogen (secondary N) is 2. The van der Waals surface area contributed by atoms with Crippen LogP contribution in [0.3, 0.4) is 0 Å². The lowest BCUT2D eigenvalue weighted by Crippen LogP contribution is -2.30. The predicted octanol–water partition coefficient (Wildman–Crippen LogP) is 4.98. The van der Waals surface area contributed by atoms with E-state index in [9.17, 15) is 4.79 Å². The number of benzene rings is 3. The molecule has 3 aromatic rings. The fourth-order valence-corrected chi connectivity index (χ4v) is 4.65. The molecule has 0 spiro atoms. The topological polar surface area (TPSA) is 115 Å². The molecule has 5 rings (SSSR count). The number of amidine groups is 1. The SMILES string of the molecule is Cc1ccc(NC(=O)Nc2cc(C3(/C(N)=N/N)CC3)cc3c2OCC=CC3c2ccccc2)cc1. The first kappa shape index (κ1) is 22.5. The van der Waals surface area contributed by atoms with Crippen LogP contribution in [-0.4, -0.2) is 18.5 Å². The van der Waals surface area contributed by atoms with Gasteiger partial charge in [-0.2, -0.15) is 5.10 Å². The molecule has 0 aromatic heterocycles. The number of ether oxygens (including phenoxy) is 1. The monoisotopic (exact) mass is 467 g/mol. The Labute approximate surface area is 204 Å². The zero-order chi connectivity index (χ0) is 24.4. The number of allylic oxidation sites excluding steroid dienone is 1. The van der Waals surface area contributed by atoms with Crippen LogP contribution in [0, 0.1) is 6.92 Å². The highest BCUT2D eigenvalue weighted by molar-refractivity contribution is 6.01. The third-order valence-electron chi connectivity index (χ3n) is 6.75. The van der Waals surface area contributed by atoms with E-state index in [0.29, 0.717) is 29.6 Å². The van der Waals surface area contributed by atoms with E-state index in [0.717, 1.165) is 35.1 Å². The molecule has 178 valence electrons. The number of anilines is 2. The molecule has 1 saturated carbocycles. The first-order valence-electron chi connectivity index (χ1n) is 11.7. The van der Waals surface area contributed by atoms with Crippen LogP contribution in [-0.2, 0) is 5.41 Å². The van der Waals surface area contributed by atoms with Gasteiger partial charge in [-0.3, -0.25) is 0 Å². The Balaban J connectivity index is 1.58. The molecule has 7 heteroatoms. The van der Waals surface area contributed by atoms with E-state index in [1.807, 2.05) is 61.5 Å². The fourth-order valence-electron chi connectivity index (χ4n) is 4.65. The fraction of sp³-hybridized carbons (Fsp3) is 0.214. The van der Waals surface area contributed by atoms with Crippen molar-refractivity contribution in [1.82, 2.24) is 0 Å². The number of carbonyl (C=O) groups excluding carboxylic acids is 1. The minimum absolute atomic E-state index is 0.0406. The van der Waals surface area contributed by atoms with Gasteiger partial charge in [0.2, 0.25) is 0 Å². The summed E-state index contributed by atoms with van der Waals surface area (Å²) < 4.78 is 6.16. The van der Waals surface area contributed by atoms with Gasteiger partial charge in [0, 0.05) is 17.2 Å². The van der Waals surface area contributed by atoms with Crippen LogP contribution in [0.15, 0.2) is 84.0 Å². The molecular weight excluding hydrogens is 438 g/mol. The molecule has 1 atom stereocenters. The van der Waals surface area contributed by atoms with Crippen molar-refractivity contribution in [2.24, 2.45) is 16.7 Å². The summed E-state index contributed by atoms with van der Waals surface area (Å²) in [7, 11) is 0. The van der Waals surface area contributed by atoms with Crippen LogP contribution in [0.1, 0.15) is 41.0 Å². The average molecular weight is 468 g/mol. The van der Waals surface area contributed by atoms with Gasteiger partial charge >= 0.3 is 6.03 Å². The number of nitrogens with two attached hydrogens (primary N) is 2. The van der Waals surface area contributed by atoms with Gasteiger partial charge in [-0.1, -0.05) is 60.2 Å². The second-order valence-electron chi connectivity index (χ2n) is 9.11. The van der Waals surface area contributed by atoms with Crippen molar-refractivity contribution >= 4 is 23.2 Å². The Hall–Kier alpha value is -4.26. The smallest absolute Gasteiger partial charge is 0.323 e. The summed E-state index contributed by atoms with van der Waals surface area (Å²) in [4.78, 5) is 13.0. The van der Waals surface area contributed by atoms with Crippen molar-refractivity contribution < 1.29 is 9.53 Å². The van der Waals surface area contributed by atoms with E-state index >= 15 is 0 Å². The first-order chi connectivity index (χ1) is 17.0. The van der Waals surface area contributed by atoms with E-state index in [4.69, 9.17) is 16.3 Å². The maximum atomic E-state index is 13.0. The normalized spacial score (nSPS) is 18.1. The summed E-state index contributed by atoms with van der Waals surface area (Å²) >= 11 is 0. The Morgan fingerprint density at radius 1 is 1.06 bits per heavy atom. The van der Waals surface area contributed by atoms with Gasteiger partial charge in [-0.05, 0) is 55.2 Å². The summed E-state index contributed by atoms with van der Waals surface area (Å²) in [5.74, 6) is 6.58. The second kappa shape index (κ2) is 9.18. The van der Waals surface area contributed by atoms with E-state index in [1.165, 1.54) is 0 Å². The number of amides is 2. The van der Waals surface area contributed by atoms with Gasteiger partial charge in [0.25, 0.3) is 0 Å². The quantitative estimate of drug-likeness (QED) is 0.139. The molecule has 0 bridgehead atoms. The van der Waals surface area contributed by atoms with E-state index in [1.54, 1.807) is 0 Å². The molecule has 0 saturated heterocycles. The van der Waals surface area contributed by atoms with Gasteiger partial charge in [0.05, 0.1) is 11.1 Å². The highest BCUT2D eigenvalue weighted by Gasteiger charge is 2.49. The molecule has 1 unspecified atom stereocenters. The van der Waals surface area contributed by atoms with Gasteiger partial charge in [0.15, 0.2) is 0 Å². The van der Waals surface area contributed by atoms with Crippen LogP contribution in [0.4, 0.5) is 16.2 Å². The molecule has 0 radical (unpaired) electrons. The van der Waals surface area contributed by atoms with Crippen molar-refractivity contribution in [1.29, 1.82) is 0 Å². The molecule has 1 heterocycles. The second-order valence-corrected chi connectivity index (χ2v) is 9.11. The Kier molecular flexibility index (Phi) is 5.91. The van der Waals surface area contributed by atoms with Crippen LogP contribution in [0.5, 0.6) is 5.75 Å². The summed E-state index contributed by atoms with van der Waals surface area (Å²) in [6.07, 6.45) is 5.84. The van der Waals surface area contributed by atoms with Crippen molar-refractivity contribution in [2.75, 3.05) is 17.2 Å². The lowest BCUT2D eigenvalue weighted by Gasteiger charge is -2.23. The summed E-state index contributed by atoms with van der Waals surface area (Å²) in [6.45, 7) is 2.41.